The average molecular weight is 396 g/mol. The number of nitrogens with zero attached hydrogens (tertiary/aromatic N) is 2. The molecular weight excluding hydrogens is 362 g/mol. The van der Waals surface area contributed by atoms with E-state index in [0.29, 0.717) is 6.42 Å². The first-order valence-electron chi connectivity index (χ1n) is 11.3. The highest BCUT2D eigenvalue weighted by molar-refractivity contribution is 5.83. The largest absolute Gasteiger partial charge is 0.356 e. The first-order chi connectivity index (χ1) is 14.2. The predicted octanol–water partition coefficient (Wildman–Crippen LogP) is 3.65. The van der Waals surface area contributed by atoms with Crippen LogP contribution in [0.25, 0.3) is 0 Å². The van der Waals surface area contributed by atoms with Crippen LogP contribution < -0.4 is 5.32 Å². The maximum Gasteiger partial charge on any atom is 0.226 e. The monoisotopic (exact) mass is 395 g/mol. The second-order valence-corrected chi connectivity index (χ2v) is 9.03. The molecule has 0 radical (unpaired) electrons. The van der Waals surface area contributed by atoms with Gasteiger partial charge in [0, 0.05) is 44.4 Å². The topological polar surface area (TPSA) is 62.3 Å². The van der Waals surface area contributed by atoms with E-state index in [1.54, 1.807) is 0 Å². The standard InChI is InChI=1S/C24H33N3O2/c28-22(17-20-5-2-1-3-6-20)27-15-10-24(11-16-27)18-21(24)23(29)26-12-4-7-19-8-13-25-14-9-19/h5,8-9,13-14,21H,1-4,6-7,10-12,15-18H2,(H,26,29). The quantitative estimate of drug-likeness (QED) is 0.566. The molecule has 1 saturated carbocycles. The van der Waals surface area contributed by atoms with Gasteiger partial charge in [-0.3, -0.25) is 14.6 Å². The van der Waals surface area contributed by atoms with E-state index in [-0.39, 0.29) is 23.1 Å². The Balaban J connectivity index is 1.16. The minimum absolute atomic E-state index is 0.154. The SMILES string of the molecule is O=C(NCCCc1ccncc1)C1CC12CCN(C(=O)CC1=CCCCC1)CC2. The van der Waals surface area contributed by atoms with Crippen LogP contribution in [-0.4, -0.2) is 41.3 Å². The van der Waals surface area contributed by atoms with Crippen LogP contribution in [0.3, 0.4) is 0 Å². The number of aryl methyl sites for hydroxylation is 1. The van der Waals surface area contributed by atoms with E-state index < -0.39 is 0 Å². The van der Waals surface area contributed by atoms with Crippen molar-refractivity contribution >= 4 is 11.8 Å². The summed E-state index contributed by atoms with van der Waals surface area (Å²) in [7, 11) is 0. The van der Waals surface area contributed by atoms with Gasteiger partial charge < -0.3 is 10.2 Å². The second kappa shape index (κ2) is 9.10. The first-order valence-corrected chi connectivity index (χ1v) is 11.3. The van der Waals surface area contributed by atoms with Gasteiger partial charge in [-0.05, 0) is 80.9 Å². The van der Waals surface area contributed by atoms with Crippen molar-refractivity contribution in [2.45, 2.75) is 64.2 Å². The number of allylic oxidation sites excluding steroid dienone is 1. The highest BCUT2D eigenvalue weighted by Gasteiger charge is 2.58. The molecule has 5 nitrogen and oxygen atoms in total. The van der Waals surface area contributed by atoms with E-state index in [9.17, 15) is 9.59 Å². The molecule has 3 aliphatic rings. The van der Waals surface area contributed by atoms with Crippen molar-refractivity contribution in [3.63, 3.8) is 0 Å². The van der Waals surface area contributed by atoms with Gasteiger partial charge in [0.25, 0.3) is 0 Å². The number of aromatic nitrogens is 1. The molecule has 0 aromatic carbocycles. The van der Waals surface area contributed by atoms with Gasteiger partial charge in [-0.25, -0.2) is 0 Å². The van der Waals surface area contributed by atoms with Gasteiger partial charge in [0.2, 0.25) is 11.8 Å². The lowest BCUT2D eigenvalue weighted by molar-refractivity contribution is -0.132. The number of carbonyl (C=O) groups is 2. The minimum Gasteiger partial charge on any atom is -0.356 e. The van der Waals surface area contributed by atoms with E-state index >= 15 is 0 Å². The highest BCUT2D eigenvalue weighted by atomic mass is 16.2. The van der Waals surface area contributed by atoms with E-state index in [4.69, 9.17) is 0 Å². The summed E-state index contributed by atoms with van der Waals surface area (Å²) in [5.74, 6) is 0.652. The van der Waals surface area contributed by atoms with Gasteiger partial charge in [-0.2, -0.15) is 0 Å². The Bertz CT molecular complexity index is 751. The summed E-state index contributed by atoms with van der Waals surface area (Å²) in [6.45, 7) is 2.36. The molecule has 156 valence electrons. The van der Waals surface area contributed by atoms with Gasteiger partial charge in [0.1, 0.15) is 0 Å². The molecule has 2 amide bonds. The Labute approximate surface area is 174 Å². The van der Waals surface area contributed by atoms with E-state index in [2.05, 4.69) is 16.4 Å². The smallest absolute Gasteiger partial charge is 0.226 e. The van der Waals surface area contributed by atoms with Crippen LogP contribution >= 0.6 is 0 Å². The first kappa shape index (κ1) is 20.1. The Morgan fingerprint density at radius 2 is 1.97 bits per heavy atom. The Hall–Kier alpha value is -2.17. The second-order valence-electron chi connectivity index (χ2n) is 9.03. The van der Waals surface area contributed by atoms with Crippen molar-refractivity contribution in [3.8, 4) is 0 Å². The van der Waals surface area contributed by atoms with Crippen molar-refractivity contribution in [1.29, 1.82) is 0 Å². The molecule has 1 atom stereocenters. The summed E-state index contributed by atoms with van der Waals surface area (Å²) in [4.78, 5) is 31.2. The Morgan fingerprint density at radius 1 is 1.17 bits per heavy atom. The summed E-state index contributed by atoms with van der Waals surface area (Å²) in [5.41, 5.74) is 2.76. The zero-order valence-corrected chi connectivity index (χ0v) is 17.4. The lowest BCUT2D eigenvalue weighted by atomic mass is 9.90. The third kappa shape index (κ3) is 5.06. The number of amides is 2. The zero-order chi connectivity index (χ0) is 20.1. The number of hydrogen-bond donors (Lipinski definition) is 1. The van der Waals surface area contributed by atoms with Crippen molar-refractivity contribution in [2.24, 2.45) is 11.3 Å². The number of piperidine rings is 1. The maximum absolute atomic E-state index is 12.6. The molecule has 2 heterocycles. The van der Waals surface area contributed by atoms with E-state index in [0.717, 1.165) is 64.6 Å². The van der Waals surface area contributed by atoms with Crippen molar-refractivity contribution in [1.82, 2.24) is 15.2 Å². The van der Waals surface area contributed by atoms with Crippen LogP contribution in [0.5, 0.6) is 0 Å². The van der Waals surface area contributed by atoms with Crippen LogP contribution in [0.4, 0.5) is 0 Å². The molecule has 0 bridgehead atoms. The van der Waals surface area contributed by atoms with E-state index in [1.807, 2.05) is 29.4 Å². The molecule has 1 aromatic heterocycles. The number of carbonyl (C=O) groups excluding carboxylic acids is 2. The van der Waals surface area contributed by atoms with Gasteiger partial charge in [0.15, 0.2) is 0 Å². The van der Waals surface area contributed by atoms with Crippen LogP contribution in [-0.2, 0) is 16.0 Å². The fourth-order valence-corrected chi connectivity index (χ4v) is 5.02. The summed E-state index contributed by atoms with van der Waals surface area (Å²) in [5, 5.41) is 3.13. The number of pyridine rings is 1. The number of nitrogens with one attached hydrogen (secondary N) is 1. The van der Waals surface area contributed by atoms with Gasteiger partial charge >= 0.3 is 0 Å². The summed E-state index contributed by atoms with van der Waals surface area (Å²) >= 11 is 0. The molecule has 1 unspecified atom stereocenters. The van der Waals surface area contributed by atoms with Crippen LogP contribution in [0, 0.1) is 11.3 Å². The molecule has 5 heteroatoms. The summed E-state index contributed by atoms with van der Waals surface area (Å²) in [6, 6.07) is 4.05. The van der Waals surface area contributed by atoms with Gasteiger partial charge in [0.05, 0.1) is 0 Å². The Kier molecular flexibility index (Phi) is 6.31. The third-order valence-electron chi connectivity index (χ3n) is 7.07. The van der Waals surface area contributed by atoms with Crippen molar-refractivity contribution < 1.29 is 9.59 Å². The molecule has 1 saturated heterocycles. The molecule has 2 fully saturated rings. The fourth-order valence-electron chi connectivity index (χ4n) is 5.02. The molecule has 1 aliphatic heterocycles. The normalized spacial score (nSPS) is 22.8. The molecule has 1 aromatic rings. The maximum atomic E-state index is 12.6. The molecule has 1 N–H and O–H groups in total. The average Bonchev–Trinajstić information content (AvgIpc) is 3.46. The van der Waals surface area contributed by atoms with Crippen LogP contribution in [0.2, 0.25) is 0 Å². The van der Waals surface area contributed by atoms with Crippen LogP contribution in [0.1, 0.15) is 63.4 Å². The molecule has 2 aliphatic carbocycles. The lowest BCUT2D eigenvalue weighted by Gasteiger charge is -2.33. The molecule has 4 rings (SSSR count). The zero-order valence-electron chi connectivity index (χ0n) is 17.4. The number of hydrogen-bond acceptors (Lipinski definition) is 3. The lowest BCUT2D eigenvalue weighted by Crippen LogP contribution is -2.40. The third-order valence-corrected chi connectivity index (χ3v) is 7.07. The van der Waals surface area contributed by atoms with Crippen LogP contribution in [0.15, 0.2) is 36.2 Å². The Morgan fingerprint density at radius 3 is 2.69 bits per heavy atom. The minimum atomic E-state index is 0.154. The van der Waals surface area contributed by atoms with E-state index in [1.165, 1.54) is 24.0 Å². The number of likely N-dealkylation sites (tertiary alicyclic amines) is 1. The molecule has 1 spiro atoms. The van der Waals surface area contributed by atoms with Gasteiger partial charge in [-0.1, -0.05) is 11.6 Å². The molecular formula is C24H33N3O2. The fraction of sp³-hybridized carbons (Fsp3) is 0.625. The predicted molar refractivity (Wildman–Crippen MR) is 113 cm³/mol. The molecule has 29 heavy (non-hydrogen) atoms. The van der Waals surface area contributed by atoms with Crippen molar-refractivity contribution in [2.75, 3.05) is 19.6 Å². The van der Waals surface area contributed by atoms with Gasteiger partial charge in [-0.15, -0.1) is 0 Å². The summed E-state index contributed by atoms with van der Waals surface area (Å²) in [6.07, 6.45) is 16.1. The summed E-state index contributed by atoms with van der Waals surface area (Å²) < 4.78 is 0. The van der Waals surface area contributed by atoms with Crippen molar-refractivity contribution in [3.05, 3.63) is 41.7 Å². The number of rotatable bonds is 7. The highest BCUT2D eigenvalue weighted by Crippen LogP contribution is 2.59.